The van der Waals surface area contributed by atoms with E-state index in [9.17, 15) is 19.2 Å². The molecule has 1 aromatic carbocycles. The molecule has 128 valence electrons. The number of amides is 3. The van der Waals surface area contributed by atoms with Gasteiger partial charge in [-0.1, -0.05) is 37.3 Å². The Kier molecular flexibility index (Phi) is 5.68. The van der Waals surface area contributed by atoms with Gasteiger partial charge in [-0.05, 0) is 12.0 Å². The van der Waals surface area contributed by atoms with Gasteiger partial charge in [0.2, 0.25) is 5.91 Å². The Bertz CT molecular complexity index is 628. The Morgan fingerprint density at radius 3 is 2.33 bits per heavy atom. The third kappa shape index (κ3) is 4.41. The molecule has 0 unspecified atom stereocenters. The third-order valence-corrected chi connectivity index (χ3v) is 3.75. The van der Waals surface area contributed by atoms with Gasteiger partial charge in [0.15, 0.2) is 0 Å². The molecule has 1 aliphatic rings. The van der Waals surface area contributed by atoms with E-state index < -0.39 is 17.8 Å². The summed E-state index contributed by atoms with van der Waals surface area (Å²) in [6.45, 7) is 1.46. The minimum Gasteiger partial charge on any atom is -0.334 e. The molecule has 0 bridgehead atoms. The number of hydroxylamine groups is 2. The molecule has 7 nitrogen and oxygen atoms in total. The second-order valence-electron chi connectivity index (χ2n) is 5.83. The average molecular weight is 332 g/mol. The Labute approximate surface area is 140 Å². The van der Waals surface area contributed by atoms with Crippen molar-refractivity contribution in [3.05, 3.63) is 35.9 Å². The van der Waals surface area contributed by atoms with E-state index in [0.717, 1.165) is 5.56 Å². The van der Waals surface area contributed by atoms with Crippen LogP contribution in [0.25, 0.3) is 0 Å². The van der Waals surface area contributed by atoms with Crippen LogP contribution in [0.2, 0.25) is 0 Å². The van der Waals surface area contributed by atoms with Gasteiger partial charge in [-0.3, -0.25) is 14.4 Å². The summed E-state index contributed by atoms with van der Waals surface area (Å²) in [5.41, 5.74) is 1.03. The number of likely N-dealkylation sites (N-methyl/N-ethyl adjacent to an activating group) is 1. The molecule has 1 aliphatic heterocycles. The van der Waals surface area contributed by atoms with Crippen LogP contribution in [-0.2, 0) is 30.4 Å². The smallest absolute Gasteiger partial charge is 0.334 e. The molecular formula is C17H20N2O5. The van der Waals surface area contributed by atoms with E-state index in [-0.39, 0.29) is 31.2 Å². The van der Waals surface area contributed by atoms with Crippen LogP contribution in [0.15, 0.2) is 30.3 Å². The first-order chi connectivity index (χ1) is 11.4. The lowest BCUT2D eigenvalue weighted by Gasteiger charge is -2.21. The molecule has 0 aliphatic carbocycles. The number of imide groups is 1. The maximum absolute atomic E-state index is 12.3. The molecule has 2 rings (SSSR count). The van der Waals surface area contributed by atoms with E-state index in [1.54, 1.807) is 6.92 Å². The molecule has 1 saturated heterocycles. The Morgan fingerprint density at radius 1 is 1.17 bits per heavy atom. The second-order valence-corrected chi connectivity index (χ2v) is 5.83. The topological polar surface area (TPSA) is 84.0 Å². The number of hydrogen-bond acceptors (Lipinski definition) is 5. The van der Waals surface area contributed by atoms with E-state index in [1.165, 1.54) is 11.9 Å². The summed E-state index contributed by atoms with van der Waals surface area (Å²) in [7, 11) is 1.48. The van der Waals surface area contributed by atoms with Crippen molar-refractivity contribution in [3.63, 3.8) is 0 Å². The minimum absolute atomic E-state index is 0.0367. The first-order valence-electron chi connectivity index (χ1n) is 7.74. The quantitative estimate of drug-likeness (QED) is 0.724. The summed E-state index contributed by atoms with van der Waals surface area (Å²) in [4.78, 5) is 52.9. The van der Waals surface area contributed by atoms with E-state index in [4.69, 9.17) is 4.84 Å². The fourth-order valence-electron chi connectivity index (χ4n) is 2.49. The van der Waals surface area contributed by atoms with E-state index in [2.05, 4.69) is 0 Å². The molecule has 1 heterocycles. The second kappa shape index (κ2) is 7.72. The predicted octanol–water partition coefficient (Wildman–Crippen LogP) is 0.931. The molecule has 1 aromatic rings. The number of carbonyl (C=O) groups is 4. The van der Waals surface area contributed by atoms with Crippen molar-refractivity contribution >= 4 is 23.7 Å². The highest BCUT2D eigenvalue weighted by Crippen LogP contribution is 2.13. The van der Waals surface area contributed by atoms with Crippen LogP contribution in [0.1, 0.15) is 25.3 Å². The Hall–Kier alpha value is -2.70. The van der Waals surface area contributed by atoms with E-state index in [0.29, 0.717) is 11.5 Å². The van der Waals surface area contributed by atoms with Gasteiger partial charge in [-0.25, -0.2) is 4.79 Å². The Balaban J connectivity index is 1.85. The summed E-state index contributed by atoms with van der Waals surface area (Å²) in [5, 5.41) is 0.480. The number of nitrogens with zero attached hydrogens (tertiary/aromatic N) is 2. The van der Waals surface area contributed by atoms with Crippen molar-refractivity contribution < 1.29 is 24.0 Å². The fraction of sp³-hybridized carbons (Fsp3) is 0.412. The largest absolute Gasteiger partial charge is 0.352 e. The van der Waals surface area contributed by atoms with Crippen molar-refractivity contribution in [3.8, 4) is 0 Å². The molecule has 0 aromatic heterocycles. The first kappa shape index (κ1) is 17.7. The van der Waals surface area contributed by atoms with Crippen LogP contribution in [-0.4, -0.2) is 47.2 Å². The first-order valence-corrected chi connectivity index (χ1v) is 7.74. The number of rotatable bonds is 6. The molecular weight excluding hydrogens is 312 g/mol. The number of benzene rings is 1. The van der Waals surface area contributed by atoms with Gasteiger partial charge in [-0.15, -0.1) is 5.06 Å². The fourth-order valence-corrected chi connectivity index (χ4v) is 2.49. The van der Waals surface area contributed by atoms with Crippen LogP contribution in [0.3, 0.4) is 0 Å². The Morgan fingerprint density at radius 2 is 1.75 bits per heavy atom. The highest BCUT2D eigenvalue weighted by Gasteiger charge is 2.33. The van der Waals surface area contributed by atoms with Gasteiger partial charge in [0.25, 0.3) is 11.8 Å². The highest BCUT2D eigenvalue weighted by atomic mass is 16.7. The molecule has 1 fully saturated rings. The van der Waals surface area contributed by atoms with Gasteiger partial charge in [0.1, 0.15) is 6.54 Å². The van der Waals surface area contributed by atoms with Crippen molar-refractivity contribution in [2.24, 2.45) is 5.92 Å². The lowest BCUT2D eigenvalue weighted by Crippen LogP contribution is -2.40. The van der Waals surface area contributed by atoms with Gasteiger partial charge in [0.05, 0.1) is 0 Å². The highest BCUT2D eigenvalue weighted by molar-refractivity contribution is 6.01. The minimum atomic E-state index is -0.818. The zero-order valence-corrected chi connectivity index (χ0v) is 13.7. The predicted molar refractivity (Wildman–Crippen MR) is 84.1 cm³/mol. The summed E-state index contributed by atoms with van der Waals surface area (Å²) in [5.74, 6) is -2.42. The molecule has 0 radical (unpaired) electrons. The molecule has 0 spiro atoms. The molecule has 24 heavy (non-hydrogen) atoms. The lowest BCUT2D eigenvalue weighted by molar-refractivity contribution is -0.198. The summed E-state index contributed by atoms with van der Waals surface area (Å²) in [6.07, 6.45) is 0.631. The van der Waals surface area contributed by atoms with Gasteiger partial charge < -0.3 is 9.74 Å². The average Bonchev–Trinajstić information content (AvgIpc) is 2.86. The van der Waals surface area contributed by atoms with Crippen molar-refractivity contribution in [1.29, 1.82) is 0 Å². The molecule has 7 heteroatoms. The van der Waals surface area contributed by atoms with Gasteiger partial charge in [0, 0.05) is 25.8 Å². The van der Waals surface area contributed by atoms with Crippen LogP contribution in [0.5, 0.6) is 0 Å². The van der Waals surface area contributed by atoms with E-state index in [1.807, 2.05) is 30.3 Å². The van der Waals surface area contributed by atoms with Crippen LogP contribution >= 0.6 is 0 Å². The maximum atomic E-state index is 12.3. The molecule has 3 amide bonds. The van der Waals surface area contributed by atoms with Crippen LogP contribution in [0.4, 0.5) is 0 Å². The summed E-state index contributed by atoms with van der Waals surface area (Å²) >= 11 is 0. The zero-order valence-electron chi connectivity index (χ0n) is 13.7. The summed E-state index contributed by atoms with van der Waals surface area (Å²) < 4.78 is 0. The zero-order chi connectivity index (χ0) is 17.7. The van der Waals surface area contributed by atoms with Gasteiger partial charge >= 0.3 is 5.97 Å². The SMILES string of the molecule is C[C@@H](Cc1ccccc1)C(=O)N(C)CC(=O)ON1C(=O)CCC1=O. The standard InChI is InChI=1S/C17H20N2O5/c1-12(10-13-6-4-3-5-7-13)17(23)18(2)11-16(22)24-19-14(20)8-9-15(19)21/h3-7,12H,8-11H2,1-2H3/t12-/m0/s1. The van der Waals surface area contributed by atoms with Crippen LogP contribution in [0, 0.1) is 5.92 Å². The monoisotopic (exact) mass is 332 g/mol. The summed E-state index contributed by atoms with van der Waals surface area (Å²) in [6, 6.07) is 9.57. The molecule has 1 atom stereocenters. The van der Waals surface area contributed by atoms with Crippen LogP contribution < -0.4 is 0 Å². The maximum Gasteiger partial charge on any atom is 0.352 e. The van der Waals surface area contributed by atoms with Gasteiger partial charge in [-0.2, -0.15) is 0 Å². The number of hydrogen-bond donors (Lipinski definition) is 0. The van der Waals surface area contributed by atoms with Crippen molar-refractivity contribution in [2.45, 2.75) is 26.2 Å². The normalized spacial score (nSPS) is 15.3. The number of carbonyl (C=O) groups excluding carboxylic acids is 4. The van der Waals surface area contributed by atoms with E-state index >= 15 is 0 Å². The van der Waals surface area contributed by atoms with Crippen molar-refractivity contribution in [2.75, 3.05) is 13.6 Å². The molecule has 0 N–H and O–H groups in total. The van der Waals surface area contributed by atoms with Crippen molar-refractivity contribution in [1.82, 2.24) is 9.96 Å². The lowest BCUT2D eigenvalue weighted by atomic mass is 10.00. The third-order valence-electron chi connectivity index (χ3n) is 3.75. The molecule has 0 saturated carbocycles.